The quantitative estimate of drug-likeness (QED) is 0.751. The van der Waals surface area contributed by atoms with Crippen LogP contribution >= 0.6 is 0 Å². The summed E-state index contributed by atoms with van der Waals surface area (Å²) in [4.78, 5) is 15.7. The van der Waals surface area contributed by atoms with Crippen LogP contribution in [0.1, 0.15) is 42.2 Å². The zero-order valence-corrected chi connectivity index (χ0v) is 9.42. The molecule has 0 bridgehead atoms. The predicted octanol–water partition coefficient (Wildman–Crippen LogP) is 2.31. The minimum atomic E-state index is -0.0656. The third kappa shape index (κ3) is 3.70. The summed E-state index contributed by atoms with van der Waals surface area (Å²) in [5.41, 5.74) is 1.46. The minimum Gasteiger partial charge on any atom is -0.351 e. The van der Waals surface area contributed by atoms with E-state index in [0.29, 0.717) is 5.69 Å². The maximum Gasteiger partial charge on any atom is 0.270 e. The van der Waals surface area contributed by atoms with Crippen molar-refractivity contribution in [3.63, 3.8) is 0 Å². The monoisotopic (exact) mass is 206 g/mol. The Balaban J connectivity index is 2.44. The molecule has 0 saturated carbocycles. The molecule has 3 heteroatoms. The van der Waals surface area contributed by atoms with Gasteiger partial charge in [-0.15, -0.1) is 0 Å². The highest BCUT2D eigenvalue weighted by Crippen LogP contribution is 2.02. The van der Waals surface area contributed by atoms with E-state index in [4.69, 9.17) is 0 Å². The summed E-state index contributed by atoms with van der Waals surface area (Å²) in [6.45, 7) is 4.78. The van der Waals surface area contributed by atoms with E-state index in [0.717, 1.165) is 24.9 Å². The summed E-state index contributed by atoms with van der Waals surface area (Å²) in [6.07, 6.45) is 5.00. The van der Waals surface area contributed by atoms with Gasteiger partial charge in [0.05, 0.1) is 0 Å². The first kappa shape index (κ1) is 11.7. The molecule has 1 aromatic rings. The van der Waals surface area contributed by atoms with Gasteiger partial charge < -0.3 is 5.32 Å². The second kappa shape index (κ2) is 6.17. The van der Waals surface area contributed by atoms with Crippen molar-refractivity contribution >= 4 is 5.91 Å². The number of unbranched alkanes of at least 4 members (excludes halogenated alkanes) is 2. The number of rotatable bonds is 5. The van der Waals surface area contributed by atoms with Crippen molar-refractivity contribution in [1.29, 1.82) is 0 Å². The van der Waals surface area contributed by atoms with Gasteiger partial charge in [0.1, 0.15) is 5.69 Å². The highest BCUT2D eigenvalue weighted by atomic mass is 16.1. The number of carbonyl (C=O) groups is 1. The topological polar surface area (TPSA) is 42.0 Å². The molecule has 0 aliphatic rings. The van der Waals surface area contributed by atoms with Crippen LogP contribution in [0.4, 0.5) is 0 Å². The van der Waals surface area contributed by atoms with Crippen LogP contribution in [0, 0.1) is 6.92 Å². The number of amides is 1. The van der Waals surface area contributed by atoms with Gasteiger partial charge in [0.2, 0.25) is 0 Å². The Morgan fingerprint density at radius 1 is 1.47 bits per heavy atom. The van der Waals surface area contributed by atoms with E-state index in [-0.39, 0.29) is 5.91 Å². The van der Waals surface area contributed by atoms with Gasteiger partial charge in [0.15, 0.2) is 0 Å². The molecule has 0 aliphatic heterocycles. The first-order valence-corrected chi connectivity index (χ1v) is 5.45. The number of aromatic nitrogens is 1. The molecule has 3 nitrogen and oxygen atoms in total. The molecule has 0 atom stereocenters. The van der Waals surface area contributed by atoms with Gasteiger partial charge in [-0.25, -0.2) is 0 Å². The van der Waals surface area contributed by atoms with Crippen LogP contribution in [0.3, 0.4) is 0 Å². The molecule has 0 fully saturated rings. The molecule has 15 heavy (non-hydrogen) atoms. The summed E-state index contributed by atoms with van der Waals surface area (Å²) >= 11 is 0. The number of hydrogen-bond donors (Lipinski definition) is 1. The van der Waals surface area contributed by atoms with Crippen molar-refractivity contribution < 1.29 is 4.79 Å². The van der Waals surface area contributed by atoms with E-state index >= 15 is 0 Å². The van der Waals surface area contributed by atoms with E-state index in [1.807, 2.05) is 19.1 Å². The lowest BCUT2D eigenvalue weighted by Crippen LogP contribution is -2.26. The Hall–Kier alpha value is -1.38. The Labute approximate surface area is 90.9 Å². The van der Waals surface area contributed by atoms with Crippen LogP contribution in [0.15, 0.2) is 18.3 Å². The third-order valence-electron chi connectivity index (χ3n) is 2.29. The van der Waals surface area contributed by atoms with E-state index < -0.39 is 0 Å². The summed E-state index contributed by atoms with van der Waals surface area (Å²) in [5, 5.41) is 2.87. The molecule has 82 valence electrons. The highest BCUT2D eigenvalue weighted by Gasteiger charge is 2.08. The molecule has 0 radical (unpaired) electrons. The molecule has 0 spiro atoms. The van der Waals surface area contributed by atoms with Crippen molar-refractivity contribution in [3.05, 3.63) is 29.6 Å². The molecule has 0 aromatic carbocycles. The molecule has 1 heterocycles. The fraction of sp³-hybridized carbons (Fsp3) is 0.500. The number of aryl methyl sites for hydroxylation is 1. The SMILES string of the molecule is CCCCCNC(=O)c1ncccc1C. The molecular weight excluding hydrogens is 188 g/mol. The largest absolute Gasteiger partial charge is 0.351 e. The lowest BCUT2D eigenvalue weighted by Gasteiger charge is -2.05. The first-order valence-electron chi connectivity index (χ1n) is 5.45. The lowest BCUT2D eigenvalue weighted by molar-refractivity contribution is 0.0947. The number of nitrogens with zero attached hydrogens (tertiary/aromatic N) is 1. The average Bonchev–Trinajstić information content (AvgIpc) is 2.25. The predicted molar refractivity (Wildman–Crippen MR) is 60.8 cm³/mol. The van der Waals surface area contributed by atoms with E-state index in [2.05, 4.69) is 17.2 Å². The molecule has 0 unspecified atom stereocenters. The van der Waals surface area contributed by atoms with Crippen molar-refractivity contribution in [2.45, 2.75) is 33.1 Å². The Kier molecular flexibility index (Phi) is 4.81. The molecule has 0 aliphatic carbocycles. The minimum absolute atomic E-state index is 0.0656. The van der Waals surface area contributed by atoms with Gasteiger partial charge in [0, 0.05) is 12.7 Å². The fourth-order valence-corrected chi connectivity index (χ4v) is 1.38. The summed E-state index contributed by atoms with van der Waals surface area (Å²) in [5.74, 6) is -0.0656. The Bertz CT molecular complexity index is 323. The van der Waals surface area contributed by atoms with Gasteiger partial charge in [-0.1, -0.05) is 25.8 Å². The van der Waals surface area contributed by atoms with Crippen LogP contribution in [0.5, 0.6) is 0 Å². The van der Waals surface area contributed by atoms with Crippen molar-refractivity contribution in [2.24, 2.45) is 0 Å². The molecule has 1 amide bonds. The van der Waals surface area contributed by atoms with Gasteiger partial charge in [0.25, 0.3) is 5.91 Å². The van der Waals surface area contributed by atoms with E-state index in [9.17, 15) is 4.79 Å². The van der Waals surface area contributed by atoms with E-state index in [1.54, 1.807) is 6.20 Å². The summed E-state index contributed by atoms with van der Waals surface area (Å²) in [6, 6.07) is 3.73. The normalized spacial score (nSPS) is 10.0. The smallest absolute Gasteiger partial charge is 0.270 e. The van der Waals surface area contributed by atoms with Gasteiger partial charge >= 0.3 is 0 Å². The molecule has 1 rings (SSSR count). The molecular formula is C12H18N2O. The maximum absolute atomic E-state index is 11.7. The van der Waals surface area contributed by atoms with Crippen LogP contribution in [0.2, 0.25) is 0 Å². The van der Waals surface area contributed by atoms with E-state index in [1.165, 1.54) is 6.42 Å². The molecule has 1 N–H and O–H groups in total. The van der Waals surface area contributed by atoms with Gasteiger partial charge in [-0.05, 0) is 25.0 Å². The fourth-order valence-electron chi connectivity index (χ4n) is 1.38. The number of pyridine rings is 1. The van der Waals surface area contributed by atoms with Crippen LogP contribution in [-0.2, 0) is 0 Å². The van der Waals surface area contributed by atoms with Crippen molar-refractivity contribution in [1.82, 2.24) is 10.3 Å². The van der Waals surface area contributed by atoms with Crippen LogP contribution in [-0.4, -0.2) is 17.4 Å². The first-order chi connectivity index (χ1) is 7.25. The Morgan fingerprint density at radius 2 is 2.27 bits per heavy atom. The highest BCUT2D eigenvalue weighted by molar-refractivity contribution is 5.93. The Morgan fingerprint density at radius 3 is 2.93 bits per heavy atom. The maximum atomic E-state index is 11.7. The van der Waals surface area contributed by atoms with Gasteiger partial charge in [-0.2, -0.15) is 0 Å². The number of hydrogen-bond acceptors (Lipinski definition) is 2. The number of carbonyl (C=O) groups excluding carboxylic acids is 1. The summed E-state index contributed by atoms with van der Waals surface area (Å²) < 4.78 is 0. The second-order valence-corrected chi connectivity index (χ2v) is 3.63. The average molecular weight is 206 g/mol. The van der Waals surface area contributed by atoms with Crippen LogP contribution in [0.25, 0.3) is 0 Å². The van der Waals surface area contributed by atoms with Crippen molar-refractivity contribution in [3.8, 4) is 0 Å². The standard InChI is InChI=1S/C12H18N2O/c1-3-4-5-8-14-12(15)11-10(2)7-6-9-13-11/h6-7,9H,3-5,8H2,1-2H3,(H,14,15). The zero-order valence-electron chi connectivity index (χ0n) is 9.42. The van der Waals surface area contributed by atoms with Gasteiger partial charge in [-0.3, -0.25) is 9.78 Å². The number of nitrogens with one attached hydrogen (secondary N) is 1. The molecule has 1 aromatic heterocycles. The third-order valence-corrected chi connectivity index (χ3v) is 2.29. The second-order valence-electron chi connectivity index (χ2n) is 3.63. The molecule has 0 saturated heterocycles. The van der Waals surface area contributed by atoms with Crippen molar-refractivity contribution in [2.75, 3.05) is 6.54 Å². The van der Waals surface area contributed by atoms with Crippen LogP contribution < -0.4 is 5.32 Å². The lowest BCUT2D eigenvalue weighted by atomic mass is 10.2. The zero-order chi connectivity index (χ0) is 11.1. The summed E-state index contributed by atoms with van der Waals surface area (Å²) in [7, 11) is 0.